The van der Waals surface area contributed by atoms with Gasteiger partial charge >= 0.3 is 0 Å². The second kappa shape index (κ2) is 15.4. The number of amides is 2. The molecule has 0 heterocycles. The zero-order chi connectivity index (χ0) is 32.7. The monoisotopic (exact) mass is 765 g/mol. The number of hydrogen-bond acceptors (Lipinski definition) is 4. The number of benzene rings is 4. The SMILES string of the molecule is Cc1ccc(S(=O)(=O)N(CC(=O)N(Cc2ccc(Br)cc2)[C@@H](Cc2ccccc2)C(=O)NC2CCCC2)c2cccc(Br)c2)cc1. The maximum Gasteiger partial charge on any atom is 0.264 e. The number of halogens is 2. The van der Waals surface area contributed by atoms with Crippen LogP contribution >= 0.6 is 31.9 Å². The lowest BCUT2D eigenvalue weighted by Gasteiger charge is -2.34. The first kappa shape index (κ1) is 33.9. The number of nitrogens with zero attached hydrogens (tertiary/aromatic N) is 2. The predicted molar refractivity (Wildman–Crippen MR) is 189 cm³/mol. The quantitative estimate of drug-likeness (QED) is 0.163. The number of sulfonamides is 1. The van der Waals surface area contributed by atoms with Crippen molar-refractivity contribution in [3.63, 3.8) is 0 Å². The number of rotatable bonds is 12. The van der Waals surface area contributed by atoms with Gasteiger partial charge < -0.3 is 10.2 Å². The summed E-state index contributed by atoms with van der Waals surface area (Å²) in [6.45, 7) is 1.51. The summed E-state index contributed by atoms with van der Waals surface area (Å²) < 4.78 is 31.1. The number of nitrogens with one attached hydrogen (secondary N) is 1. The molecule has 240 valence electrons. The van der Waals surface area contributed by atoms with Crippen LogP contribution in [0.4, 0.5) is 5.69 Å². The Hall–Kier alpha value is -3.47. The van der Waals surface area contributed by atoms with Gasteiger partial charge in [-0.2, -0.15) is 0 Å². The van der Waals surface area contributed by atoms with Crippen molar-refractivity contribution >= 4 is 59.4 Å². The van der Waals surface area contributed by atoms with E-state index >= 15 is 0 Å². The van der Waals surface area contributed by atoms with Gasteiger partial charge in [0, 0.05) is 28.0 Å². The number of carbonyl (C=O) groups excluding carboxylic acids is 2. The highest BCUT2D eigenvalue weighted by Crippen LogP contribution is 2.28. The molecule has 0 bridgehead atoms. The Morgan fingerprint density at radius 2 is 1.50 bits per heavy atom. The van der Waals surface area contributed by atoms with Crippen molar-refractivity contribution in [1.82, 2.24) is 10.2 Å². The van der Waals surface area contributed by atoms with Crippen molar-refractivity contribution < 1.29 is 18.0 Å². The Morgan fingerprint density at radius 1 is 0.826 bits per heavy atom. The van der Waals surface area contributed by atoms with Gasteiger partial charge in [-0.15, -0.1) is 0 Å². The standard InChI is InChI=1S/C36H37Br2N3O4S/c1-26-14-20-33(21-15-26)46(44,45)41(32-13-7-10-30(38)23-32)25-35(42)40(24-28-16-18-29(37)19-17-28)34(22-27-8-3-2-4-9-27)36(43)39-31-11-5-6-12-31/h2-4,7-10,13-21,23,31,34H,5-6,11-12,22,24-25H2,1H3,(H,39,43)/t34-/m0/s1. The van der Waals surface area contributed by atoms with Crippen molar-refractivity contribution in [3.05, 3.63) is 129 Å². The molecule has 46 heavy (non-hydrogen) atoms. The van der Waals surface area contributed by atoms with Gasteiger partial charge in [0.15, 0.2) is 0 Å². The summed E-state index contributed by atoms with van der Waals surface area (Å²) >= 11 is 6.93. The van der Waals surface area contributed by atoms with Crippen molar-refractivity contribution in [2.24, 2.45) is 0 Å². The van der Waals surface area contributed by atoms with Crippen LogP contribution in [0.2, 0.25) is 0 Å². The molecular formula is C36H37Br2N3O4S. The van der Waals surface area contributed by atoms with E-state index < -0.39 is 28.5 Å². The molecule has 0 spiro atoms. The van der Waals surface area contributed by atoms with E-state index in [9.17, 15) is 18.0 Å². The lowest BCUT2D eigenvalue weighted by atomic mass is 10.0. The van der Waals surface area contributed by atoms with E-state index in [0.29, 0.717) is 10.2 Å². The molecule has 0 radical (unpaired) electrons. The Morgan fingerprint density at radius 3 is 2.15 bits per heavy atom. The van der Waals surface area contributed by atoms with Crippen LogP contribution in [0.15, 0.2) is 117 Å². The minimum absolute atomic E-state index is 0.0514. The fourth-order valence-corrected chi connectivity index (χ4v) is 7.76. The number of carbonyl (C=O) groups is 2. The fraction of sp³-hybridized carbons (Fsp3) is 0.278. The summed E-state index contributed by atoms with van der Waals surface area (Å²) in [5, 5.41) is 3.20. The average Bonchev–Trinajstić information content (AvgIpc) is 3.56. The molecule has 0 aromatic heterocycles. The first-order valence-electron chi connectivity index (χ1n) is 15.3. The summed E-state index contributed by atoms with van der Waals surface area (Å²) in [5.41, 5.74) is 2.97. The molecule has 1 saturated carbocycles. The number of aryl methyl sites for hydroxylation is 1. The van der Waals surface area contributed by atoms with Gasteiger partial charge in [0.1, 0.15) is 12.6 Å². The Bertz CT molecular complexity index is 1740. The molecule has 10 heteroatoms. The molecular weight excluding hydrogens is 730 g/mol. The van der Waals surface area contributed by atoms with Crippen molar-refractivity contribution in [2.75, 3.05) is 10.8 Å². The predicted octanol–water partition coefficient (Wildman–Crippen LogP) is 7.41. The number of anilines is 1. The van der Waals surface area contributed by atoms with Crippen LogP contribution in [-0.2, 0) is 32.6 Å². The second-order valence-corrected chi connectivity index (χ2v) is 15.3. The molecule has 1 N–H and O–H groups in total. The summed E-state index contributed by atoms with van der Waals surface area (Å²) in [6, 6.07) is 29.8. The van der Waals surface area contributed by atoms with E-state index in [1.54, 1.807) is 48.5 Å². The fourth-order valence-electron chi connectivity index (χ4n) is 5.71. The van der Waals surface area contributed by atoms with Gasteiger partial charge in [-0.1, -0.05) is 111 Å². The third-order valence-corrected chi connectivity index (χ3v) is 11.0. The van der Waals surface area contributed by atoms with E-state index in [-0.39, 0.29) is 29.8 Å². The molecule has 7 nitrogen and oxygen atoms in total. The molecule has 4 aromatic carbocycles. The maximum absolute atomic E-state index is 14.6. The molecule has 1 fully saturated rings. The van der Waals surface area contributed by atoms with Crippen molar-refractivity contribution in [3.8, 4) is 0 Å². The van der Waals surface area contributed by atoms with Crippen LogP contribution in [-0.4, -0.2) is 43.8 Å². The molecule has 2 amide bonds. The zero-order valence-electron chi connectivity index (χ0n) is 25.6. The third-order valence-electron chi connectivity index (χ3n) is 8.22. The summed E-state index contributed by atoms with van der Waals surface area (Å²) in [4.78, 5) is 30.3. The van der Waals surface area contributed by atoms with E-state index in [4.69, 9.17) is 0 Å². The van der Waals surface area contributed by atoms with Crippen LogP contribution < -0.4 is 9.62 Å². The molecule has 1 aliphatic carbocycles. The minimum atomic E-state index is -4.16. The lowest BCUT2D eigenvalue weighted by Crippen LogP contribution is -2.54. The molecule has 1 aliphatic rings. The average molecular weight is 768 g/mol. The largest absolute Gasteiger partial charge is 0.352 e. The van der Waals surface area contributed by atoms with Gasteiger partial charge in [0.25, 0.3) is 10.0 Å². The van der Waals surface area contributed by atoms with E-state index in [0.717, 1.165) is 51.2 Å². The summed E-state index contributed by atoms with van der Waals surface area (Å²) in [7, 11) is -4.16. The Labute approximate surface area is 288 Å². The van der Waals surface area contributed by atoms with E-state index in [1.807, 2.05) is 61.5 Å². The van der Waals surface area contributed by atoms with Crippen LogP contribution in [0, 0.1) is 6.92 Å². The molecule has 4 aromatic rings. The minimum Gasteiger partial charge on any atom is -0.352 e. The summed E-state index contributed by atoms with van der Waals surface area (Å²) in [5.74, 6) is -0.724. The van der Waals surface area contributed by atoms with Gasteiger partial charge in [-0.25, -0.2) is 8.42 Å². The molecule has 0 saturated heterocycles. The van der Waals surface area contributed by atoms with Gasteiger partial charge in [0.05, 0.1) is 10.6 Å². The van der Waals surface area contributed by atoms with Crippen LogP contribution in [0.1, 0.15) is 42.4 Å². The first-order chi connectivity index (χ1) is 22.1. The Balaban J connectivity index is 1.56. The Kier molecular flexibility index (Phi) is 11.4. The zero-order valence-corrected chi connectivity index (χ0v) is 29.6. The van der Waals surface area contributed by atoms with Gasteiger partial charge in [-0.05, 0) is 73.4 Å². The molecule has 5 rings (SSSR count). The third kappa shape index (κ3) is 8.66. The maximum atomic E-state index is 14.6. The van der Waals surface area contributed by atoms with Gasteiger partial charge in [0.2, 0.25) is 11.8 Å². The lowest BCUT2D eigenvalue weighted by molar-refractivity contribution is -0.140. The van der Waals surface area contributed by atoms with Crippen molar-refractivity contribution in [2.45, 2.75) is 62.6 Å². The molecule has 0 unspecified atom stereocenters. The van der Waals surface area contributed by atoms with Gasteiger partial charge in [-0.3, -0.25) is 13.9 Å². The van der Waals surface area contributed by atoms with Crippen molar-refractivity contribution in [1.29, 1.82) is 0 Å². The van der Waals surface area contributed by atoms with Crippen LogP contribution in [0.25, 0.3) is 0 Å². The topological polar surface area (TPSA) is 86.8 Å². The van der Waals surface area contributed by atoms with E-state index in [2.05, 4.69) is 37.2 Å². The highest BCUT2D eigenvalue weighted by Gasteiger charge is 2.35. The second-order valence-electron chi connectivity index (χ2n) is 11.6. The molecule has 1 atom stereocenters. The highest BCUT2D eigenvalue weighted by molar-refractivity contribution is 9.10. The van der Waals surface area contributed by atoms with E-state index in [1.165, 1.54) is 4.90 Å². The normalized spacial score (nSPS) is 14.1. The van der Waals surface area contributed by atoms with Crippen LogP contribution in [0.5, 0.6) is 0 Å². The number of hydrogen-bond donors (Lipinski definition) is 1. The smallest absolute Gasteiger partial charge is 0.264 e. The summed E-state index contributed by atoms with van der Waals surface area (Å²) in [6.07, 6.45) is 4.18. The first-order valence-corrected chi connectivity index (χ1v) is 18.4. The van der Waals surface area contributed by atoms with Crippen LogP contribution in [0.3, 0.4) is 0 Å². The molecule has 0 aliphatic heterocycles. The highest BCUT2D eigenvalue weighted by atomic mass is 79.9.